The number of amides is 2. The van der Waals surface area contributed by atoms with Gasteiger partial charge in [0.25, 0.3) is 11.8 Å². The molecule has 0 spiro atoms. The van der Waals surface area contributed by atoms with Crippen molar-refractivity contribution in [3.8, 4) is 5.75 Å². The van der Waals surface area contributed by atoms with Gasteiger partial charge in [-0.25, -0.2) is 5.43 Å². The Kier molecular flexibility index (Phi) is 7.19. The Morgan fingerprint density at radius 2 is 1.74 bits per heavy atom. The van der Waals surface area contributed by atoms with E-state index < -0.39 is 5.91 Å². The Morgan fingerprint density at radius 3 is 2.48 bits per heavy atom. The van der Waals surface area contributed by atoms with E-state index in [1.807, 2.05) is 0 Å². The number of nitrogens with zero attached hydrogens (tertiary/aromatic N) is 1. The van der Waals surface area contributed by atoms with Crippen LogP contribution in [0.2, 0.25) is 5.02 Å². The van der Waals surface area contributed by atoms with Crippen molar-refractivity contribution in [1.82, 2.24) is 5.43 Å². The van der Waals surface area contributed by atoms with E-state index in [1.54, 1.807) is 72.8 Å². The van der Waals surface area contributed by atoms with E-state index in [4.69, 9.17) is 11.6 Å². The lowest BCUT2D eigenvalue weighted by atomic mass is 10.1. The van der Waals surface area contributed by atoms with Gasteiger partial charge in [-0.05, 0) is 60.5 Å². The number of halogens is 1. The van der Waals surface area contributed by atoms with Crippen LogP contribution in [0.25, 0.3) is 0 Å². The minimum atomic E-state index is -0.458. The molecule has 2 amide bonds. The molecule has 3 aromatic rings. The van der Waals surface area contributed by atoms with Crippen LogP contribution in [0, 0.1) is 0 Å². The summed E-state index contributed by atoms with van der Waals surface area (Å²) in [6, 6.07) is 18.2. The average molecular weight is 434 g/mol. The van der Waals surface area contributed by atoms with Crippen LogP contribution >= 0.6 is 11.6 Å². The van der Waals surface area contributed by atoms with Crippen molar-refractivity contribution in [3.63, 3.8) is 0 Å². The Hall–Kier alpha value is -3.90. The van der Waals surface area contributed by atoms with Gasteiger partial charge in [0.1, 0.15) is 5.75 Å². The smallest absolute Gasteiger partial charge is 0.271 e. The SMILES string of the molecule is C=CCc1cccc(/C=N\NC(=O)c2cccc(NC(=O)c3ccc(Cl)cc3)c2)c1O. The Balaban J connectivity index is 1.65. The molecule has 156 valence electrons. The minimum absolute atomic E-state index is 0.0901. The standard InChI is InChI=1S/C24H20ClN3O3/c1-2-5-16-6-3-8-19(22(16)29)15-26-28-24(31)18-7-4-9-21(14-18)27-23(30)17-10-12-20(25)13-11-17/h2-4,6-15,29H,1,5H2,(H,27,30)(H,28,31)/b26-15-. The molecule has 0 atom stereocenters. The number of anilines is 1. The third-order valence-corrected chi connectivity index (χ3v) is 4.63. The summed E-state index contributed by atoms with van der Waals surface area (Å²) in [5.74, 6) is -0.685. The molecule has 0 radical (unpaired) electrons. The van der Waals surface area contributed by atoms with E-state index in [1.165, 1.54) is 6.21 Å². The van der Waals surface area contributed by atoms with Gasteiger partial charge in [0.05, 0.1) is 6.21 Å². The predicted molar refractivity (Wildman–Crippen MR) is 123 cm³/mol. The molecule has 31 heavy (non-hydrogen) atoms. The molecule has 0 aliphatic heterocycles. The number of hydrazone groups is 1. The highest BCUT2D eigenvalue weighted by atomic mass is 35.5. The first-order chi connectivity index (χ1) is 15.0. The quantitative estimate of drug-likeness (QED) is 0.284. The molecule has 0 fully saturated rings. The van der Waals surface area contributed by atoms with Crippen LogP contribution in [0.15, 0.2) is 84.5 Å². The Labute approximate surface area is 184 Å². The lowest BCUT2D eigenvalue weighted by Gasteiger charge is -2.07. The third-order valence-electron chi connectivity index (χ3n) is 4.37. The molecule has 0 heterocycles. The van der Waals surface area contributed by atoms with Gasteiger partial charge in [0.15, 0.2) is 0 Å². The molecule has 3 aromatic carbocycles. The fourth-order valence-corrected chi connectivity index (χ4v) is 2.93. The number of phenols is 1. The van der Waals surface area contributed by atoms with E-state index in [0.717, 1.165) is 5.56 Å². The van der Waals surface area contributed by atoms with Gasteiger partial charge in [-0.1, -0.05) is 35.9 Å². The van der Waals surface area contributed by atoms with Crippen LogP contribution in [0.3, 0.4) is 0 Å². The van der Waals surface area contributed by atoms with Crippen LogP contribution in [0.1, 0.15) is 31.8 Å². The van der Waals surface area contributed by atoms with E-state index in [0.29, 0.717) is 33.8 Å². The summed E-state index contributed by atoms with van der Waals surface area (Å²) in [4.78, 5) is 24.7. The lowest BCUT2D eigenvalue weighted by Crippen LogP contribution is -2.18. The summed E-state index contributed by atoms with van der Waals surface area (Å²) >= 11 is 5.84. The number of aromatic hydroxyl groups is 1. The number of carbonyl (C=O) groups is 2. The van der Waals surface area contributed by atoms with Gasteiger partial charge in [0, 0.05) is 27.4 Å². The molecule has 0 aliphatic carbocycles. The van der Waals surface area contributed by atoms with Crippen LogP contribution in [-0.4, -0.2) is 23.1 Å². The van der Waals surface area contributed by atoms with Crippen LogP contribution in [0.4, 0.5) is 5.69 Å². The topological polar surface area (TPSA) is 90.8 Å². The monoisotopic (exact) mass is 433 g/mol. The number of nitrogens with one attached hydrogen (secondary N) is 2. The van der Waals surface area contributed by atoms with Gasteiger partial charge in [-0.15, -0.1) is 6.58 Å². The zero-order valence-corrected chi connectivity index (χ0v) is 17.3. The maximum absolute atomic E-state index is 12.4. The van der Waals surface area contributed by atoms with Gasteiger partial charge < -0.3 is 10.4 Å². The molecule has 0 aromatic heterocycles. The Bertz CT molecular complexity index is 1140. The molecular weight excluding hydrogens is 414 g/mol. The zero-order valence-electron chi connectivity index (χ0n) is 16.5. The summed E-state index contributed by atoms with van der Waals surface area (Å²) in [7, 11) is 0. The maximum Gasteiger partial charge on any atom is 0.271 e. The van der Waals surface area contributed by atoms with Crippen molar-refractivity contribution in [1.29, 1.82) is 0 Å². The summed E-state index contributed by atoms with van der Waals surface area (Å²) < 4.78 is 0. The van der Waals surface area contributed by atoms with Crippen molar-refractivity contribution in [3.05, 3.63) is 107 Å². The molecule has 7 heteroatoms. The number of para-hydroxylation sites is 1. The fraction of sp³-hybridized carbons (Fsp3) is 0.0417. The van der Waals surface area contributed by atoms with Crippen LogP contribution in [-0.2, 0) is 6.42 Å². The van der Waals surface area contributed by atoms with Crippen molar-refractivity contribution in [2.45, 2.75) is 6.42 Å². The summed E-state index contributed by atoms with van der Waals surface area (Å²) in [6.45, 7) is 3.66. The van der Waals surface area contributed by atoms with Gasteiger partial charge in [-0.3, -0.25) is 9.59 Å². The maximum atomic E-state index is 12.4. The molecule has 6 nitrogen and oxygen atoms in total. The first-order valence-corrected chi connectivity index (χ1v) is 9.78. The van der Waals surface area contributed by atoms with Crippen molar-refractivity contribution < 1.29 is 14.7 Å². The van der Waals surface area contributed by atoms with Crippen LogP contribution < -0.4 is 10.7 Å². The molecule has 3 rings (SSSR count). The van der Waals surface area contributed by atoms with Crippen LogP contribution in [0.5, 0.6) is 5.75 Å². The molecule has 0 bridgehead atoms. The Morgan fingerprint density at radius 1 is 1.00 bits per heavy atom. The highest BCUT2D eigenvalue weighted by molar-refractivity contribution is 6.30. The van der Waals surface area contributed by atoms with Gasteiger partial charge in [0.2, 0.25) is 0 Å². The van der Waals surface area contributed by atoms with E-state index in [-0.39, 0.29) is 11.7 Å². The minimum Gasteiger partial charge on any atom is -0.507 e. The lowest BCUT2D eigenvalue weighted by molar-refractivity contribution is 0.0953. The van der Waals surface area contributed by atoms with Gasteiger partial charge >= 0.3 is 0 Å². The second-order valence-corrected chi connectivity index (χ2v) is 7.03. The summed E-state index contributed by atoms with van der Waals surface area (Å²) in [5.41, 5.74) is 4.84. The number of rotatable bonds is 7. The summed E-state index contributed by atoms with van der Waals surface area (Å²) in [5, 5.41) is 17.4. The number of hydrogen-bond acceptors (Lipinski definition) is 4. The number of hydrogen-bond donors (Lipinski definition) is 3. The normalized spacial score (nSPS) is 10.6. The first-order valence-electron chi connectivity index (χ1n) is 9.40. The van der Waals surface area contributed by atoms with Crippen molar-refractivity contribution >= 4 is 35.3 Å². The molecule has 0 saturated carbocycles. The molecule has 3 N–H and O–H groups in total. The summed E-state index contributed by atoms with van der Waals surface area (Å²) in [6.07, 6.45) is 3.58. The highest BCUT2D eigenvalue weighted by Crippen LogP contribution is 2.21. The first kappa shape index (κ1) is 21.8. The van der Waals surface area contributed by atoms with E-state index in [9.17, 15) is 14.7 Å². The molecule has 0 unspecified atom stereocenters. The molecular formula is C24H20ClN3O3. The third kappa shape index (κ3) is 5.81. The molecule has 0 saturated heterocycles. The molecule has 0 aliphatic rings. The fourth-order valence-electron chi connectivity index (χ4n) is 2.80. The second kappa shape index (κ2) is 10.2. The van der Waals surface area contributed by atoms with Gasteiger partial charge in [-0.2, -0.15) is 5.10 Å². The number of allylic oxidation sites excluding steroid dienone is 1. The number of phenolic OH excluding ortho intramolecular Hbond substituents is 1. The van der Waals surface area contributed by atoms with Crippen molar-refractivity contribution in [2.75, 3.05) is 5.32 Å². The largest absolute Gasteiger partial charge is 0.507 e. The zero-order chi connectivity index (χ0) is 22.2. The number of benzene rings is 3. The number of carbonyl (C=O) groups excluding carboxylic acids is 2. The van der Waals surface area contributed by atoms with E-state index in [2.05, 4.69) is 22.4 Å². The highest BCUT2D eigenvalue weighted by Gasteiger charge is 2.09. The van der Waals surface area contributed by atoms with Crippen molar-refractivity contribution in [2.24, 2.45) is 5.10 Å². The van der Waals surface area contributed by atoms with E-state index >= 15 is 0 Å². The second-order valence-electron chi connectivity index (χ2n) is 6.59. The average Bonchev–Trinajstić information content (AvgIpc) is 2.77. The predicted octanol–water partition coefficient (Wildman–Crippen LogP) is 4.79.